The number of likely N-dealkylation sites (N-methyl/N-ethyl adjacent to an activating group) is 1. The molecule has 11 heteroatoms. The molecule has 0 saturated carbocycles. The molecule has 4 rings (SSSR count). The highest BCUT2D eigenvalue weighted by Crippen LogP contribution is 2.31. The number of aliphatic hydroxyl groups is 1. The van der Waals surface area contributed by atoms with Crippen LogP contribution >= 0.6 is 0 Å². The van der Waals surface area contributed by atoms with Gasteiger partial charge in [-0.2, -0.15) is 0 Å². The molecule has 0 spiro atoms. The van der Waals surface area contributed by atoms with Crippen LogP contribution in [-0.2, 0) is 10.0 Å². The fourth-order valence-corrected chi connectivity index (χ4v) is 5.17. The first-order valence-corrected chi connectivity index (χ1v) is 14.6. The van der Waals surface area contributed by atoms with Crippen LogP contribution in [0.15, 0.2) is 60.7 Å². The number of hydrogen-bond donors (Lipinski definition) is 3. The molecule has 0 saturated heterocycles. The number of carbonyl (C=O) groups excluding carboxylic acids is 2. The number of hydrogen-bond acceptors (Lipinski definition) is 6. The Balaban J connectivity index is 1.60. The molecule has 3 aromatic carbocycles. The van der Waals surface area contributed by atoms with Gasteiger partial charge in [0.15, 0.2) is 0 Å². The second kappa shape index (κ2) is 11.5. The first-order chi connectivity index (χ1) is 18.5. The number of carbonyl (C=O) groups is 2. The molecular formula is C28H34N4O6S. The van der Waals surface area contributed by atoms with Gasteiger partial charge in [-0.3, -0.25) is 9.52 Å². The number of sulfonamides is 1. The van der Waals surface area contributed by atoms with Crippen LogP contribution in [0.3, 0.4) is 0 Å². The lowest BCUT2D eigenvalue weighted by Gasteiger charge is -2.38. The number of benzene rings is 3. The van der Waals surface area contributed by atoms with E-state index >= 15 is 0 Å². The van der Waals surface area contributed by atoms with E-state index in [1.165, 1.54) is 17.0 Å². The molecule has 208 valence electrons. The molecule has 3 aromatic rings. The average Bonchev–Trinajstić information content (AvgIpc) is 2.89. The van der Waals surface area contributed by atoms with Gasteiger partial charge in [-0.25, -0.2) is 13.2 Å². The van der Waals surface area contributed by atoms with Crippen molar-refractivity contribution in [3.05, 3.63) is 66.2 Å². The first kappa shape index (κ1) is 28.2. The fourth-order valence-electron chi connectivity index (χ4n) is 4.62. The van der Waals surface area contributed by atoms with Gasteiger partial charge in [0.05, 0.1) is 36.7 Å². The minimum absolute atomic E-state index is 0.170. The monoisotopic (exact) mass is 554 g/mol. The second-order valence-corrected chi connectivity index (χ2v) is 11.8. The Kier molecular flexibility index (Phi) is 8.31. The van der Waals surface area contributed by atoms with E-state index in [1.807, 2.05) is 49.4 Å². The van der Waals surface area contributed by atoms with Crippen LogP contribution < -0.4 is 14.8 Å². The maximum absolute atomic E-state index is 13.5. The molecule has 1 aliphatic rings. The Morgan fingerprint density at radius 2 is 1.90 bits per heavy atom. The molecular weight excluding hydrogens is 520 g/mol. The Hall–Kier alpha value is -3.83. The topological polar surface area (TPSA) is 128 Å². The lowest BCUT2D eigenvalue weighted by molar-refractivity contribution is 0.0371. The summed E-state index contributed by atoms with van der Waals surface area (Å²) in [4.78, 5) is 29.8. The number of amides is 3. The van der Waals surface area contributed by atoms with Gasteiger partial charge in [0, 0.05) is 30.6 Å². The highest BCUT2D eigenvalue weighted by molar-refractivity contribution is 7.92. The van der Waals surface area contributed by atoms with Crippen LogP contribution in [0.1, 0.15) is 24.2 Å². The first-order valence-electron chi connectivity index (χ1n) is 12.7. The fraction of sp³-hybridized carbons (Fsp3) is 0.357. The molecule has 3 amide bonds. The van der Waals surface area contributed by atoms with Gasteiger partial charge < -0.3 is 25.0 Å². The minimum atomic E-state index is -3.56. The predicted molar refractivity (Wildman–Crippen MR) is 152 cm³/mol. The zero-order valence-electron chi connectivity index (χ0n) is 22.4. The number of aliphatic hydroxyl groups excluding tert-OH is 1. The molecule has 0 bridgehead atoms. The third-order valence-corrected chi connectivity index (χ3v) is 7.41. The van der Waals surface area contributed by atoms with Crippen LogP contribution in [0.25, 0.3) is 10.8 Å². The van der Waals surface area contributed by atoms with Crippen molar-refractivity contribution in [1.29, 1.82) is 0 Å². The summed E-state index contributed by atoms with van der Waals surface area (Å²) in [6.07, 6.45) is 0.529. The summed E-state index contributed by atoms with van der Waals surface area (Å²) in [6.45, 7) is 3.91. The molecule has 10 nitrogen and oxygen atoms in total. The Morgan fingerprint density at radius 3 is 2.62 bits per heavy atom. The number of ether oxygens (including phenoxy) is 1. The summed E-state index contributed by atoms with van der Waals surface area (Å²) in [7, 11) is -1.89. The summed E-state index contributed by atoms with van der Waals surface area (Å²) in [5.41, 5.74) is 1.09. The third kappa shape index (κ3) is 6.61. The number of urea groups is 1. The quantitative estimate of drug-likeness (QED) is 0.410. The maximum Gasteiger partial charge on any atom is 0.321 e. The molecule has 0 aliphatic carbocycles. The normalized spacial score (nSPS) is 18.4. The lowest BCUT2D eigenvalue weighted by atomic mass is 9.99. The third-order valence-electron chi connectivity index (χ3n) is 6.80. The number of fused-ring (bicyclic) bond motifs is 2. The standard InChI is InChI=1S/C28H34N4O6S/c1-18-15-32(19(2)17-33)27(34)23-14-21(30-39(4,36)37)12-13-25(23)38-26(18)16-31(3)28(35)29-24-11-7-9-20-8-5-6-10-22(20)24/h5-14,18-19,26,30,33H,15-17H2,1-4H3,(H,29,35)/t18-,19+,26+/m1/s1. The number of rotatable bonds is 7. The summed E-state index contributed by atoms with van der Waals surface area (Å²) >= 11 is 0. The summed E-state index contributed by atoms with van der Waals surface area (Å²) < 4.78 is 32.2. The van der Waals surface area contributed by atoms with Crippen molar-refractivity contribution in [2.75, 3.05) is 43.0 Å². The van der Waals surface area contributed by atoms with Crippen LogP contribution in [0.5, 0.6) is 5.75 Å². The van der Waals surface area contributed by atoms with Gasteiger partial charge in [-0.05, 0) is 36.6 Å². The van der Waals surface area contributed by atoms with Gasteiger partial charge in [-0.15, -0.1) is 0 Å². The molecule has 1 heterocycles. The zero-order valence-corrected chi connectivity index (χ0v) is 23.2. The average molecular weight is 555 g/mol. The zero-order chi connectivity index (χ0) is 28.3. The van der Waals surface area contributed by atoms with Crippen molar-refractivity contribution in [1.82, 2.24) is 9.80 Å². The van der Waals surface area contributed by atoms with Crippen molar-refractivity contribution >= 4 is 44.1 Å². The Labute approximate surface area is 228 Å². The molecule has 0 aromatic heterocycles. The van der Waals surface area contributed by atoms with Crippen LogP contribution in [-0.4, -0.2) is 80.4 Å². The summed E-state index contributed by atoms with van der Waals surface area (Å²) in [5.74, 6) is -0.303. The lowest BCUT2D eigenvalue weighted by Crippen LogP contribution is -2.50. The predicted octanol–water partition coefficient (Wildman–Crippen LogP) is 3.60. The van der Waals surface area contributed by atoms with Crippen LogP contribution in [0, 0.1) is 5.92 Å². The van der Waals surface area contributed by atoms with Gasteiger partial charge in [0.25, 0.3) is 5.91 Å². The van der Waals surface area contributed by atoms with E-state index in [2.05, 4.69) is 10.0 Å². The van der Waals surface area contributed by atoms with Gasteiger partial charge in [-0.1, -0.05) is 43.3 Å². The largest absolute Gasteiger partial charge is 0.487 e. The highest BCUT2D eigenvalue weighted by Gasteiger charge is 2.34. The van der Waals surface area contributed by atoms with E-state index in [1.54, 1.807) is 24.9 Å². The number of nitrogens with zero attached hydrogens (tertiary/aromatic N) is 2. The molecule has 0 fully saturated rings. The van der Waals surface area contributed by atoms with Crippen molar-refractivity contribution in [3.63, 3.8) is 0 Å². The Bertz CT molecular complexity index is 1470. The van der Waals surface area contributed by atoms with Crippen molar-refractivity contribution in [2.24, 2.45) is 5.92 Å². The van der Waals surface area contributed by atoms with E-state index in [0.717, 1.165) is 17.0 Å². The maximum atomic E-state index is 13.5. The van der Waals surface area contributed by atoms with Crippen molar-refractivity contribution in [2.45, 2.75) is 26.0 Å². The van der Waals surface area contributed by atoms with Crippen molar-refractivity contribution < 1.29 is 27.9 Å². The number of anilines is 2. The smallest absolute Gasteiger partial charge is 0.321 e. The van der Waals surface area contributed by atoms with Gasteiger partial charge >= 0.3 is 6.03 Å². The van der Waals surface area contributed by atoms with Crippen LogP contribution in [0.4, 0.5) is 16.2 Å². The summed E-state index contributed by atoms with van der Waals surface area (Å²) in [6, 6.07) is 17.2. The highest BCUT2D eigenvalue weighted by atomic mass is 32.2. The van der Waals surface area contributed by atoms with E-state index in [0.29, 0.717) is 5.69 Å². The van der Waals surface area contributed by atoms with Gasteiger partial charge in [0.2, 0.25) is 10.0 Å². The number of nitrogens with one attached hydrogen (secondary N) is 2. The van der Waals surface area contributed by atoms with E-state index in [-0.39, 0.29) is 54.6 Å². The molecule has 0 radical (unpaired) electrons. The Morgan fingerprint density at radius 1 is 1.18 bits per heavy atom. The van der Waals surface area contributed by atoms with E-state index in [4.69, 9.17) is 4.74 Å². The molecule has 39 heavy (non-hydrogen) atoms. The second-order valence-electron chi connectivity index (χ2n) is 10.0. The molecule has 3 atom stereocenters. The summed E-state index contributed by atoms with van der Waals surface area (Å²) in [5, 5.41) is 14.7. The van der Waals surface area contributed by atoms with Gasteiger partial charge in [0.1, 0.15) is 11.9 Å². The van der Waals surface area contributed by atoms with Crippen LogP contribution in [0.2, 0.25) is 0 Å². The minimum Gasteiger partial charge on any atom is -0.487 e. The van der Waals surface area contributed by atoms with E-state index in [9.17, 15) is 23.1 Å². The SMILES string of the molecule is C[C@@H]1CN([C@@H](C)CO)C(=O)c2cc(NS(C)(=O)=O)ccc2O[C@H]1CN(C)C(=O)Nc1cccc2ccccc12. The van der Waals surface area contributed by atoms with Crippen molar-refractivity contribution in [3.8, 4) is 5.75 Å². The molecule has 0 unspecified atom stereocenters. The molecule has 1 aliphatic heterocycles. The van der Waals surface area contributed by atoms with E-state index < -0.39 is 22.2 Å². The molecule has 3 N–H and O–H groups in total.